The van der Waals surface area contributed by atoms with Gasteiger partial charge in [0.25, 0.3) is 0 Å². The van der Waals surface area contributed by atoms with Crippen molar-refractivity contribution in [3.63, 3.8) is 0 Å². The van der Waals surface area contributed by atoms with E-state index < -0.39 is 11.8 Å². The maximum atomic E-state index is 13.6. The summed E-state index contributed by atoms with van der Waals surface area (Å²) in [6.45, 7) is 1.50. The van der Waals surface area contributed by atoms with Crippen LogP contribution in [-0.2, 0) is 9.47 Å². The second kappa shape index (κ2) is 8.73. The van der Waals surface area contributed by atoms with Crippen molar-refractivity contribution in [2.45, 2.75) is 0 Å². The van der Waals surface area contributed by atoms with Crippen LogP contribution in [0.3, 0.4) is 0 Å². The molecule has 5 nitrogen and oxygen atoms in total. The lowest BCUT2D eigenvalue weighted by Crippen LogP contribution is -2.39. The first-order valence-electron chi connectivity index (χ1n) is 6.08. The van der Waals surface area contributed by atoms with Crippen LogP contribution >= 0.6 is 11.6 Å². The number of nitrogens with zero attached hydrogens (tertiary/aromatic N) is 1. The van der Waals surface area contributed by atoms with Gasteiger partial charge in [-0.15, -0.1) is 0 Å². The number of anilines is 1. The lowest BCUT2D eigenvalue weighted by Gasteiger charge is -2.22. The monoisotopic (exact) mass is 304 g/mol. The Kier molecular flexibility index (Phi) is 7.28. The molecule has 20 heavy (non-hydrogen) atoms. The molecular weight excluding hydrogens is 287 g/mol. The number of methoxy groups -OCH3 is 2. The molecule has 0 unspecified atom stereocenters. The standard InChI is InChI=1S/C13H18ClFN2O3/c1-19-8-6-17(7-9-20-2)13(18)16-12-10(14)4-3-5-11(12)15/h3-5H,6-9H2,1-2H3,(H,16,18). The van der Waals surface area contributed by atoms with E-state index in [1.54, 1.807) is 14.2 Å². The Labute approximate surface area is 122 Å². The summed E-state index contributed by atoms with van der Waals surface area (Å²) in [5.74, 6) is -0.579. The summed E-state index contributed by atoms with van der Waals surface area (Å²) in [5, 5.41) is 2.62. The van der Waals surface area contributed by atoms with Crippen molar-refractivity contribution in [3.05, 3.63) is 29.0 Å². The van der Waals surface area contributed by atoms with Gasteiger partial charge in [0, 0.05) is 27.3 Å². The Hall–Kier alpha value is -1.37. The van der Waals surface area contributed by atoms with Crippen LogP contribution in [0.2, 0.25) is 5.02 Å². The van der Waals surface area contributed by atoms with Gasteiger partial charge >= 0.3 is 6.03 Å². The molecule has 1 aromatic carbocycles. The normalized spacial score (nSPS) is 10.4. The van der Waals surface area contributed by atoms with Gasteiger partial charge in [-0.05, 0) is 12.1 Å². The van der Waals surface area contributed by atoms with Crippen LogP contribution in [0.4, 0.5) is 14.9 Å². The number of amides is 2. The van der Waals surface area contributed by atoms with Crippen LogP contribution in [0.15, 0.2) is 18.2 Å². The topological polar surface area (TPSA) is 50.8 Å². The van der Waals surface area contributed by atoms with Crippen molar-refractivity contribution in [3.8, 4) is 0 Å². The summed E-state index contributed by atoms with van der Waals surface area (Å²) in [7, 11) is 3.08. The van der Waals surface area contributed by atoms with Crippen molar-refractivity contribution < 1.29 is 18.7 Å². The second-order valence-electron chi connectivity index (χ2n) is 4.00. The smallest absolute Gasteiger partial charge is 0.322 e. The molecule has 0 aliphatic carbocycles. The summed E-state index contributed by atoms with van der Waals surface area (Å²) in [6, 6.07) is 3.76. The molecule has 0 saturated heterocycles. The van der Waals surface area contributed by atoms with Crippen molar-refractivity contribution >= 4 is 23.3 Å². The van der Waals surface area contributed by atoms with E-state index in [1.165, 1.54) is 23.1 Å². The fourth-order valence-electron chi connectivity index (χ4n) is 1.52. The number of hydrogen-bond acceptors (Lipinski definition) is 3. The number of nitrogens with one attached hydrogen (secondary N) is 1. The highest BCUT2D eigenvalue weighted by molar-refractivity contribution is 6.33. The first-order chi connectivity index (χ1) is 9.60. The third-order valence-electron chi connectivity index (χ3n) is 2.61. The van der Waals surface area contributed by atoms with E-state index in [0.717, 1.165) is 0 Å². The van der Waals surface area contributed by atoms with Crippen LogP contribution in [0.1, 0.15) is 0 Å². The third-order valence-corrected chi connectivity index (χ3v) is 2.93. The SMILES string of the molecule is COCCN(CCOC)C(=O)Nc1c(F)cccc1Cl. The molecule has 0 heterocycles. The first-order valence-corrected chi connectivity index (χ1v) is 6.45. The number of halogens is 2. The molecule has 0 fully saturated rings. The second-order valence-corrected chi connectivity index (χ2v) is 4.41. The summed E-state index contributed by atoms with van der Waals surface area (Å²) in [6.07, 6.45) is 0. The fourth-order valence-corrected chi connectivity index (χ4v) is 1.73. The molecule has 7 heteroatoms. The molecule has 0 aliphatic rings. The average molecular weight is 305 g/mol. The molecule has 0 bridgehead atoms. The van der Waals surface area contributed by atoms with Gasteiger partial charge in [-0.2, -0.15) is 0 Å². The average Bonchev–Trinajstić information content (AvgIpc) is 2.43. The van der Waals surface area contributed by atoms with Gasteiger partial charge in [-0.1, -0.05) is 17.7 Å². The van der Waals surface area contributed by atoms with E-state index in [9.17, 15) is 9.18 Å². The highest BCUT2D eigenvalue weighted by Gasteiger charge is 2.16. The van der Waals surface area contributed by atoms with E-state index in [1.807, 2.05) is 0 Å². The Morgan fingerprint density at radius 3 is 2.40 bits per heavy atom. The lowest BCUT2D eigenvalue weighted by atomic mass is 10.3. The Morgan fingerprint density at radius 2 is 1.90 bits per heavy atom. The van der Waals surface area contributed by atoms with Gasteiger partial charge < -0.3 is 19.7 Å². The van der Waals surface area contributed by atoms with E-state index in [0.29, 0.717) is 26.3 Å². The highest BCUT2D eigenvalue weighted by Crippen LogP contribution is 2.24. The number of urea groups is 1. The number of carbonyl (C=O) groups is 1. The molecular formula is C13H18ClFN2O3. The van der Waals surface area contributed by atoms with Gasteiger partial charge in [0.2, 0.25) is 0 Å². The molecule has 2 amide bonds. The van der Waals surface area contributed by atoms with E-state index in [-0.39, 0.29) is 10.7 Å². The van der Waals surface area contributed by atoms with Crippen molar-refractivity contribution in [2.75, 3.05) is 45.8 Å². The maximum absolute atomic E-state index is 13.6. The molecule has 0 aliphatic heterocycles. The van der Waals surface area contributed by atoms with Crippen molar-refractivity contribution in [2.24, 2.45) is 0 Å². The molecule has 112 valence electrons. The third kappa shape index (κ3) is 4.96. The summed E-state index contributed by atoms with van der Waals surface area (Å²) in [5.41, 5.74) is -0.0287. The number of rotatable bonds is 7. The zero-order chi connectivity index (χ0) is 15.0. The number of hydrogen-bond donors (Lipinski definition) is 1. The van der Waals surface area contributed by atoms with Crippen LogP contribution < -0.4 is 5.32 Å². The van der Waals surface area contributed by atoms with E-state index >= 15 is 0 Å². The van der Waals surface area contributed by atoms with Gasteiger partial charge in [-0.3, -0.25) is 0 Å². The Balaban J connectivity index is 2.73. The molecule has 0 radical (unpaired) electrons. The molecule has 0 atom stereocenters. The minimum atomic E-state index is -0.579. The Morgan fingerprint density at radius 1 is 1.30 bits per heavy atom. The van der Waals surface area contributed by atoms with Crippen LogP contribution in [-0.4, -0.2) is 51.5 Å². The van der Waals surface area contributed by atoms with Crippen molar-refractivity contribution in [1.82, 2.24) is 4.90 Å². The molecule has 1 N–H and O–H groups in total. The first kappa shape index (κ1) is 16.7. The zero-order valence-corrected chi connectivity index (χ0v) is 12.2. The molecule has 1 rings (SSSR count). The molecule has 0 saturated carbocycles. The predicted octanol–water partition coefficient (Wildman–Crippen LogP) is 2.61. The summed E-state index contributed by atoms with van der Waals surface area (Å²) < 4.78 is 23.5. The number of benzene rings is 1. The number of ether oxygens (including phenoxy) is 2. The van der Waals surface area contributed by atoms with E-state index in [2.05, 4.69) is 5.32 Å². The highest BCUT2D eigenvalue weighted by atomic mass is 35.5. The van der Waals surface area contributed by atoms with Crippen molar-refractivity contribution in [1.29, 1.82) is 0 Å². The molecule has 0 spiro atoms. The minimum Gasteiger partial charge on any atom is -0.383 e. The predicted molar refractivity (Wildman–Crippen MR) is 75.8 cm³/mol. The van der Waals surface area contributed by atoms with Gasteiger partial charge in [-0.25, -0.2) is 9.18 Å². The minimum absolute atomic E-state index is 0.0287. The van der Waals surface area contributed by atoms with Crippen LogP contribution in [0, 0.1) is 5.82 Å². The van der Waals surface area contributed by atoms with Gasteiger partial charge in [0.1, 0.15) is 5.82 Å². The summed E-state index contributed by atoms with van der Waals surface area (Å²) in [4.78, 5) is 13.6. The number of carbonyl (C=O) groups excluding carboxylic acids is 1. The number of para-hydroxylation sites is 1. The zero-order valence-electron chi connectivity index (χ0n) is 11.5. The van der Waals surface area contributed by atoms with Crippen LogP contribution in [0.25, 0.3) is 0 Å². The van der Waals surface area contributed by atoms with E-state index in [4.69, 9.17) is 21.1 Å². The van der Waals surface area contributed by atoms with Crippen LogP contribution in [0.5, 0.6) is 0 Å². The summed E-state index contributed by atoms with van der Waals surface area (Å²) >= 11 is 5.86. The quantitative estimate of drug-likeness (QED) is 0.842. The lowest BCUT2D eigenvalue weighted by molar-refractivity contribution is 0.127. The molecule has 1 aromatic rings. The Bertz CT molecular complexity index is 417. The fraction of sp³-hybridized carbons (Fsp3) is 0.462. The largest absolute Gasteiger partial charge is 0.383 e. The maximum Gasteiger partial charge on any atom is 0.322 e. The van der Waals surface area contributed by atoms with Gasteiger partial charge in [0.05, 0.1) is 23.9 Å². The molecule has 0 aromatic heterocycles. The van der Waals surface area contributed by atoms with Gasteiger partial charge in [0.15, 0.2) is 0 Å².